The van der Waals surface area contributed by atoms with Gasteiger partial charge in [-0.05, 0) is 56.4 Å². The fourth-order valence-electron chi connectivity index (χ4n) is 2.63. The fraction of sp³-hybridized carbons (Fsp3) is 0.769. The second-order valence-electron chi connectivity index (χ2n) is 6.19. The van der Waals surface area contributed by atoms with Crippen molar-refractivity contribution in [3.8, 4) is 0 Å². The minimum absolute atomic E-state index is 0.992. The second-order valence-corrected chi connectivity index (χ2v) is 13.2. The Kier molecular flexibility index (Phi) is 5.62. The molecule has 1 heterocycles. The van der Waals surface area contributed by atoms with Crippen LogP contribution in [0.25, 0.3) is 0 Å². The zero-order chi connectivity index (χ0) is 20.7. The van der Waals surface area contributed by atoms with Crippen molar-refractivity contribution in [2.24, 2.45) is 0 Å². The Hall–Kier alpha value is -0.530. The molecule has 0 spiro atoms. The van der Waals surface area contributed by atoms with Gasteiger partial charge >= 0.3 is 0 Å². The number of nitrogens with zero attached hydrogens (tertiary/aromatic N) is 6. The van der Waals surface area contributed by atoms with Gasteiger partial charge in [-0.25, -0.2) is 23.7 Å². The van der Waals surface area contributed by atoms with E-state index >= 15 is 0 Å². The van der Waals surface area contributed by atoms with E-state index in [2.05, 4.69) is 4.98 Å². The third-order valence-electron chi connectivity index (χ3n) is 3.76. The molecule has 1 rings (SSSR count). The van der Waals surface area contributed by atoms with Crippen LogP contribution in [0.1, 0.15) is 2.74 Å². The molecule has 0 atom stereocenters. The Morgan fingerprint density at radius 1 is 1.00 bits per heavy atom. The predicted molar refractivity (Wildman–Crippen MR) is 97.1 cm³/mol. The molecule has 0 aliphatic rings. The summed E-state index contributed by atoms with van der Waals surface area (Å²) in [5.41, 5.74) is 0. The van der Waals surface area contributed by atoms with Crippen LogP contribution in [0.15, 0.2) is 18.7 Å². The summed E-state index contributed by atoms with van der Waals surface area (Å²) in [5, 5.41) is 9.10. The number of imidazole rings is 1. The smallest absolute Gasteiger partial charge is 0.258 e. The van der Waals surface area contributed by atoms with Crippen LogP contribution in [0.3, 0.4) is 0 Å². The van der Waals surface area contributed by atoms with Crippen molar-refractivity contribution in [2.45, 2.75) is 11.6 Å². The molecule has 9 nitrogen and oxygen atoms in total. The fourth-order valence-corrected chi connectivity index (χ4v) is 10.3. The Morgan fingerprint density at radius 3 is 1.62 bits per heavy atom. The van der Waals surface area contributed by atoms with Crippen molar-refractivity contribution >= 4 is 14.9 Å². The van der Waals surface area contributed by atoms with Gasteiger partial charge in [0.1, 0.15) is 0 Å². The lowest BCUT2D eigenvalue weighted by atomic mass is 10.6. The number of hydrogen-bond donors (Lipinski definition) is 1. The minimum atomic E-state index is -4.13. The second kappa shape index (κ2) is 7.38. The molecule has 1 aromatic rings. The van der Waals surface area contributed by atoms with Crippen LogP contribution in [0.4, 0.5) is 0 Å². The molecule has 0 aromatic carbocycles. The summed E-state index contributed by atoms with van der Waals surface area (Å²) >= 11 is 0. The Bertz CT molecular complexity index is 651. The maximum atomic E-state index is 14.1. The standard InChI is InChI=1S/C13H30N6O3P2/c1-15(2)23(21,16(3)4)13(20,11-19-10-9-14-12-19)24(22,17(5)6)18(7)8/h9-10,12,20H,11H2,1-8H3/i11D2. The van der Waals surface area contributed by atoms with E-state index in [9.17, 15) is 14.2 Å². The lowest BCUT2D eigenvalue weighted by Crippen LogP contribution is -2.48. The molecule has 0 saturated carbocycles. The number of rotatable bonds is 8. The normalized spacial score (nSPS) is 16.2. The highest BCUT2D eigenvalue weighted by Crippen LogP contribution is 2.77. The number of aromatic nitrogens is 2. The molecule has 0 amide bonds. The van der Waals surface area contributed by atoms with E-state index in [0.717, 1.165) is 10.9 Å². The Labute approximate surface area is 147 Å². The number of hydrogen-bond acceptors (Lipinski definition) is 4. The van der Waals surface area contributed by atoms with Gasteiger partial charge in [-0.3, -0.25) is 9.13 Å². The largest absolute Gasteiger partial charge is 0.369 e. The van der Waals surface area contributed by atoms with Gasteiger partial charge in [0, 0.05) is 12.4 Å². The maximum absolute atomic E-state index is 14.1. The summed E-state index contributed by atoms with van der Waals surface area (Å²) in [6, 6.07) is 0. The van der Waals surface area contributed by atoms with Crippen LogP contribution in [0.5, 0.6) is 0 Å². The van der Waals surface area contributed by atoms with E-state index in [-0.39, 0.29) is 0 Å². The summed E-state index contributed by atoms with van der Waals surface area (Å²) in [6.07, 6.45) is 3.80. The van der Waals surface area contributed by atoms with E-state index in [1.54, 1.807) is 0 Å². The monoisotopic (exact) mass is 382 g/mol. The van der Waals surface area contributed by atoms with Gasteiger partial charge < -0.3 is 9.67 Å². The predicted octanol–water partition coefficient (Wildman–Crippen LogP) is 1.16. The molecule has 0 radical (unpaired) electrons. The molecule has 0 aliphatic carbocycles. The molecule has 0 aliphatic heterocycles. The van der Waals surface area contributed by atoms with Crippen molar-refractivity contribution < 1.29 is 17.0 Å². The molecule has 1 N–H and O–H groups in total. The molecule has 0 saturated heterocycles. The Morgan fingerprint density at radius 2 is 1.38 bits per heavy atom. The molecular weight excluding hydrogens is 350 g/mol. The third kappa shape index (κ3) is 3.15. The Balaban J connectivity index is 4.08. The van der Waals surface area contributed by atoms with Crippen molar-refractivity contribution in [3.63, 3.8) is 0 Å². The van der Waals surface area contributed by atoms with Gasteiger partial charge in [-0.1, -0.05) is 0 Å². The summed E-state index contributed by atoms with van der Waals surface area (Å²) in [6.45, 7) is -2.71. The van der Waals surface area contributed by atoms with Crippen molar-refractivity contribution in [1.29, 1.82) is 0 Å². The average molecular weight is 382 g/mol. The molecule has 0 bridgehead atoms. The van der Waals surface area contributed by atoms with Gasteiger partial charge in [-0.15, -0.1) is 0 Å². The van der Waals surface area contributed by atoms with Gasteiger partial charge in [0.05, 0.1) is 15.6 Å². The van der Waals surface area contributed by atoms with Crippen molar-refractivity contribution in [2.75, 3.05) is 56.4 Å². The van der Waals surface area contributed by atoms with Crippen LogP contribution in [-0.4, -0.2) is 94.8 Å². The van der Waals surface area contributed by atoms with Gasteiger partial charge in [-0.2, -0.15) is 0 Å². The first-order chi connectivity index (χ1) is 11.6. The minimum Gasteiger partial charge on any atom is -0.369 e. The van der Waals surface area contributed by atoms with E-state index in [1.807, 2.05) is 0 Å². The van der Waals surface area contributed by atoms with Crippen LogP contribution >= 0.6 is 14.9 Å². The zero-order valence-corrected chi connectivity index (χ0v) is 17.4. The van der Waals surface area contributed by atoms with Gasteiger partial charge in [0.15, 0.2) is 0 Å². The highest BCUT2D eigenvalue weighted by Gasteiger charge is 2.64. The summed E-state index contributed by atoms with van der Waals surface area (Å²) in [7, 11) is 3.46. The lowest BCUT2D eigenvalue weighted by molar-refractivity contribution is 0.144. The molecule has 24 heavy (non-hydrogen) atoms. The quantitative estimate of drug-likeness (QED) is 0.671. The molecular formula is C13H30N6O3P2. The molecule has 140 valence electrons. The topological polar surface area (TPSA) is 85.1 Å². The SMILES string of the molecule is [2H]C([2H])(n1ccnc1)C(O)(P(=O)(N(C)C)N(C)C)P(=O)(N(C)C)N(C)C. The van der Waals surface area contributed by atoms with Crippen LogP contribution in [-0.2, 0) is 15.6 Å². The highest BCUT2D eigenvalue weighted by atomic mass is 31.2. The van der Waals surface area contributed by atoms with Crippen molar-refractivity contribution in [3.05, 3.63) is 18.7 Å². The molecule has 0 fully saturated rings. The third-order valence-corrected chi connectivity index (χ3v) is 11.5. The van der Waals surface area contributed by atoms with E-state index < -0.39 is 26.5 Å². The lowest BCUT2D eigenvalue weighted by Gasteiger charge is -2.49. The molecule has 1 aromatic heterocycles. The van der Waals surface area contributed by atoms with Gasteiger partial charge in [0.2, 0.25) is 5.08 Å². The molecule has 0 unspecified atom stereocenters. The van der Waals surface area contributed by atoms with Crippen LogP contribution in [0.2, 0.25) is 0 Å². The number of aliphatic hydroxyl groups is 1. The average Bonchev–Trinajstić information content (AvgIpc) is 3.06. The summed E-state index contributed by atoms with van der Waals surface area (Å²) in [5.74, 6) is 0. The highest BCUT2D eigenvalue weighted by molar-refractivity contribution is 7.78. The van der Waals surface area contributed by atoms with Crippen LogP contribution in [0, 0.1) is 0 Å². The van der Waals surface area contributed by atoms with E-state index in [4.69, 9.17) is 2.74 Å². The first-order valence-corrected chi connectivity index (χ1v) is 10.5. The first kappa shape index (κ1) is 18.3. The summed E-state index contributed by atoms with van der Waals surface area (Å²) in [4.78, 5) is 3.82. The maximum Gasteiger partial charge on any atom is 0.258 e. The van der Waals surface area contributed by atoms with Gasteiger partial charge in [0.25, 0.3) is 14.9 Å². The van der Waals surface area contributed by atoms with E-state index in [0.29, 0.717) is 0 Å². The van der Waals surface area contributed by atoms with E-state index in [1.165, 1.54) is 87.5 Å². The summed E-state index contributed by atoms with van der Waals surface area (Å²) < 4.78 is 51.6. The van der Waals surface area contributed by atoms with Crippen LogP contribution < -0.4 is 0 Å². The van der Waals surface area contributed by atoms with Crippen molar-refractivity contribution in [1.82, 2.24) is 28.2 Å². The first-order valence-electron chi connectivity index (χ1n) is 8.25. The zero-order valence-electron chi connectivity index (χ0n) is 17.6. The molecule has 11 heteroatoms.